The van der Waals surface area contributed by atoms with Gasteiger partial charge in [0.1, 0.15) is 24.6 Å². The molecule has 0 radical (unpaired) electrons. The van der Waals surface area contributed by atoms with E-state index in [0.717, 1.165) is 5.69 Å². The highest BCUT2D eigenvalue weighted by Gasteiger charge is 2.55. The van der Waals surface area contributed by atoms with E-state index in [1.54, 1.807) is 6.33 Å². The number of rotatable bonds is 10. The van der Waals surface area contributed by atoms with Crippen molar-refractivity contribution in [2.45, 2.75) is 141 Å². The fourth-order valence-corrected chi connectivity index (χ4v) is 8.28. The van der Waals surface area contributed by atoms with E-state index in [-0.39, 0.29) is 33.4 Å². The number of para-hydroxylation sites is 1. The van der Waals surface area contributed by atoms with E-state index in [1.807, 2.05) is 41.2 Å². The summed E-state index contributed by atoms with van der Waals surface area (Å²) in [4.78, 5) is 14.1. The van der Waals surface area contributed by atoms with Crippen molar-refractivity contribution in [1.29, 1.82) is 0 Å². The van der Waals surface area contributed by atoms with Crippen LogP contribution in [0.4, 0.5) is 11.5 Å². The van der Waals surface area contributed by atoms with E-state index >= 15 is 0 Å². The minimum atomic E-state index is -2.29. The summed E-state index contributed by atoms with van der Waals surface area (Å²) in [6.45, 7) is 34.6. The predicted octanol–water partition coefficient (Wildman–Crippen LogP) is 9.27. The van der Waals surface area contributed by atoms with Gasteiger partial charge in [0.2, 0.25) is 0 Å². The molecule has 3 heterocycles. The van der Waals surface area contributed by atoms with E-state index in [9.17, 15) is 0 Å². The standard InChI is InChI=1S/C34H59N5O4Si3/c1-32(2,3)44(10,11)40-21-25-27(42-45(12,13)33(4,5)6)28(43-46(14,15)34(7,8)9)31(41-25)39-23-37-26-29(35-22-36-30(26)39)38-24-19-17-16-18-20-24/h16-20,22-23,25,27-28,31H,21H2,1-15H3,(H,35,36,38)/t25-,27-,28-,31-/m1/s1. The maximum absolute atomic E-state index is 7.33. The zero-order valence-electron chi connectivity index (χ0n) is 31.0. The van der Waals surface area contributed by atoms with Gasteiger partial charge >= 0.3 is 0 Å². The average molecular weight is 686 g/mol. The Labute approximate surface area is 280 Å². The van der Waals surface area contributed by atoms with Gasteiger partial charge in [-0.25, -0.2) is 15.0 Å². The van der Waals surface area contributed by atoms with E-state index in [1.165, 1.54) is 0 Å². The molecule has 1 N–H and O–H groups in total. The minimum Gasteiger partial charge on any atom is -0.414 e. The number of hydrogen-bond acceptors (Lipinski definition) is 8. The highest BCUT2D eigenvalue weighted by Crippen LogP contribution is 2.47. The zero-order valence-corrected chi connectivity index (χ0v) is 34.0. The van der Waals surface area contributed by atoms with Crippen LogP contribution in [0.15, 0.2) is 43.0 Å². The third kappa shape index (κ3) is 7.68. The van der Waals surface area contributed by atoms with Crippen molar-refractivity contribution < 1.29 is 18.0 Å². The van der Waals surface area contributed by atoms with Gasteiger partial charge in [-0.05, 0) is 66.5 Å². The fourth-order valence-electron chi connectivity index (χ4n) is 4.66. The molecule has 0 bridgehead atoms. The van der Waals surface area contributed by atoms with Crippen molar-refractivity contribution in [3.63, 3.8) is 0 Å². The minimum absolute atomic E-state index is 0.00435. The number of nitrogens with one attached hydrogen (secondary N) is 1. The molecule has 1 fully saturated rings. The summed E-state index contributed by atoms with van der Waals surface area (Å²) in [6.07, 6.45) is 1.83. The molecule has 256 valence electrons. The molecule has 9 nitrogen and oxygen atoms in total. The van der Waals surface area contributed by atoms with Crippen LogP contribution in [0.25, 0.3) is 11.2 Å². The Balaban J connectivity index is 1.82. The van der Waals surface area contributed by atoms with Gasteiger partial charge in [0.25, 0.3) is 0 Å². The molecular formula is C34H59N5O4Si3. The van der Waals surface area contributed by atoms with Gasteiger partial charge in [0.05, 0.1) is 12.9 Å². The lowest BCUT2D eigenvalue weighted by Gasteiger charge is -2.44. The molecule has 1 aromatic carbocycles. The molecule has 12 heteroatoms. The van der Waals surface area contributed by atoms with Crippen LogP contribution < -0.4 is 5.32 Å². The van der Waals surface area contributed by atoms with Gasteiger partial charge in [-0.15, -0.1) is 0 Å². The van der Waals surface area contributed by atoms with Crippen molar-refractivity contribution in [3.8, 4) is 0 Å². The molecule has 1 aliphatic heterocycles. The summed E-state index contributed by atoms with van der Waals surface area (Å²) in [5, 5.41) is 3.47. The summed E-state index contributed by atoms with van der Waals surface area (Å²) in [5.41, 5.74) is 2.28. The second kappa shape index (κ2) is 12.8. The van der Waals surface area contributed by atoms with Crippen LogP contribution in [-0.4, -0.2) is 69.4 Å². The first-order valence-electron chi connectivity index (χ1n) is 16.6. The van der Waals surface area contributed by atoms with E-state index < -0.39 is 31.2 Å². The first-order chi connectivity index (χ1) is 21.0. The molecule has 4 atom stereocenters. The summed E-state index contributed by atoms with van der Waals surface area (Å²) >= 11 is 0. The molecule has 0 amide bonds. The van der Waals surface area contributed by atoms with Crippen LogP contribution in [0, 0.1) is 0 Å². The van der Waals surface area contributed by atoms with E-state index in [0.29, 0.717) is 23.6 Å². The largest absolute Gasteiger partial charge is 0.414 e. The number of aromatic nitrogens is 4. The van der Waals surface area contributed by atoms with Gasteiger partial charge in [-0.2, -0.15) is 0 Å². The predicted molar refractivity (Wildman–Crippen MR) is 196 cm³/mol. The van der Waals surface area contributed by atoms with Crippen LogP contribution in [0.5, 0.6) is 0 Å². The van der Waals surface area contributed by atoms with Crippen LogP contribution in [0.3, 0.4) is 0 Å². The van der Waals surface area contributed by atoms with Gasteiger partial charge in [0, 0.05) is 5.69 Å². The topological polar surface area (TPSA) is 92.6 Å². The van der Waals surface area contributed by atoms with Crippen molar-refractivity contribution in [2.24, 2.45) is 0 Å². The number of nitrogens with zero attached hydrogens (tertiary/aromatic N) is 4. The maximum Gasteiger partial charge on any atom is 0.192 e. The smallest absolute Gasteiger partial charge is 0.192 e. The number of imidazole rings is 1. The molecule has 0 saturated carbocycles. The molecular weight excluding hydrogens is 627 g/mol. The van der Waals surface area contributed by atoms with Crippen LogP contribution in [0.2, 0.25) is 54.4 Å². The molecule has 3 aromatic rings. The Morgan fingerprint density at radius 3 is 1.83 bits per heavy atom. The van der Waals surface area contributed by atoms with Gasteiger partial charge in [-0.3, -0.25) is 4.57 Å². The monoisotopic (exact) mass is 685 g/mol. The normalized spacial score (nSPS) is 22.1. The van der Waals surface area contributed by atoms with Crippen LogP contribution in [0.1, 0.15) is 68.5 Å². The Bertz CT molecular complexity index is 1480. The molecule has 4 rings (SSSR count). The summed E-state index contributed by atoms with van der Waals surface area (Å²) in [6, 6.07) is 9.98. The molecule has 1 saturated heterocycles. The molecule has 0 aliphatic carbocycles. The molecule has 0 spiro atoms. The lowest BCUT2D eigenvalue weighted by molar-refractivity contribution is -0.0470. The van der Waals surface area contributed by atoms with Crippen LogP contribution in [-0.2, 0) is 18.0 Å². The highest BCUT2D eigenvalue weighted by atomic mass is 28.4. The molecule has 2 aromatic heterocycles. The second-order valence-electron chi connectivity index (χ2n) is 17.4. The maximum atomic E-state index is 7.33. The Hall–Kier alpha value is -1.94. The average Bonchev–Trinajstić information content (AvgIpc) is 3.48. The summed E-state index contributed by atoms with van der Waals surface area (Å²) < 4.78 is 30.5. The van der Waals surface area contributed by atoms with Crippen molar-refractivity contribution in [3.05, 3.63) is 43.0 Å². The van der Waals surface area contributed by atoms with Crippen LogP contribution >= 0.6 is 0 Å². The number of benzene rings is 1. The summed E-state index contributed by atoms with van der Waals surface area (Å²) in [7, 11) is -6.62. The van der Waals surface area contributed by atoms with Gasteiger partial charge < -0.3 is 23.3 Å². The SMILES string of the molecule is CC(C)(C)[Si](C)(C)OC[C@H]1O[C@@H](n2cnc3c(Nc4ccccc4)ncnc32)[C@H](O[Si](C)(C)C(C)(C)C)[C@@H]1O[Si](C)(C)C(C)(C)C. The third-order valence-corrected chi connectivity index (χ3v) is 24.3. The zero-order chi connectivity index (χ0) is 34.5. The lowest BCUT2D eigenvalue weighted by atomic mass is 10.1. The highest BCUT2D eigenvalue weighted by molar-refractivity contribution is 6.75. The second-order valence-corrected chi connectivity index (χ2v) is 31.7. The van der Waals surface area contributed by atoms with Crippen molar-refractivity contribution >= 4 is 47.6 Å². The van der Waals surface area contributed by atoms with Crippen molar-refractivity contribution in [2.75, 3.05) is 11.9 Å². The van der Waals surface area contributed by atoms with Crippen molar-refractivity contribution in [1.82, 2.24) is 19.5 Å². The fraction of sp³-hybridized carbons (Fsp3) is 0.676. The molecule has 1 aliphatic rings. The lowest BCUT2D eigenvalue weighted by Crippen LogP contribution is -2.54. The quantitative estimate of drug-likeness (QED) is 0.211. The summed E-state index contributed by atoms with van der Waals surface area (Å²) in [5.74, 6) is 0.640. The molecule has 46 heavy (non-hydrogen) atoms. The Morgan fingerprint density at radius 2 is 1.28 bits per heavy atom. The number of fused-ring (bicyclic) bond motifs is 1. The first kappa shape index (κ1) is 36.9. The number of ether oxygens (including phenoxy) is 1. The third-order valence-electron chi connectivity index (χ3n) is 10.8. The van der Waals surface area contributed by atoms with Gasteiger partial charge in [0.15, 0.2) is 48.2 Å². The van der Waals surface area contributed by atoms with E-state index in [4.69, 9.17) is 28.0 Å². The number of anilines is 2. The first-order valence-corrected chi connectivity index (χ1v) is 25.3. The van der Waals surface area contributed by atoms with Gasteiger partial charge in [-0.1, -0.05) is 80.5 Å². The molecule has 0 unspecified atom stereocenters. The Kier molecular flexibility index (Phi) is 10.3. The number of hydrogen-bond donors (Lipinski definition) is 1. The van der Waals surface area contributed by atoms with E-state index in [2.05, 4.69) is 112 Å². The Morgan fingerprint density at radius 1 is 0.739 bits per heavy atom.